The van der Waals surface area contributed by atoms with Gasteiger partial charge in [0.25, 0.3) is 15.0 Å². The Morgan fingerprint density at radius 1 is 1.35 bits per heavy atom. The molecule has 0 radical (unpaired) electrons. The van der Waals surface area contributed by atoms with Crippen molar-refractivity contribution >= 4 is 41.6 Å². The van der Waals surface area contributed by atoms with Gasteiger partial charge in [-0.05, 0) is 40.6 Å². The van der Waals surface area contributed by atoms with Crippen LogP contribution in [0.3, 0.4) is 0 Å². The molecule has 1 aromatic heterocycles. The molecule has 0 spiro atoms. The molecule has 2 aliphatic rings. The van der Waals surface area contributed by atoms with E-state index in [-0.39, 0.29) is 21.2 Å². The van der Waals surface area contributed by atoms with Crippen molar-refractivity contribution in [1.82, 2.24) is 4.90 Å². The van der Waals surface area contributed by atoms with Crippen LogP contribution in [0.1, 0.15) is 29.8 Å². The van der Waals surface area contributed by atoms with Gasteiger partial charge in [0, 0.05) is 29.8 Å². The number of amides is 1. The second-order valence-corrected chi connectivity index (χ2v) is 8.60. The summed E-state index contributed by atoms with van der Waals surface area (Å²) in [5, 5.41) is 0. The van der Waals surface area contributed by atoms with Crippen LogP contribution in [0.15, 0.2) is 20.0 Å². The summed E-state index contributed by atoms with van der Waals surface area (Å²) < 4.78 is 27.8. The van der Waals surface area contributed by atoms with Crippen LogP contribution in [0.5, 0.6) is 0 Å². The van der Waals surface area contributed by atoms with Gasteiger partial charge < -0.3 is 9.32 Å². The van der Waals surface area contributed by atoms with Crippen LogP contribution in [0.2, 0.25) is 0 Å². The highest BCUT2D eigenvalue weighted by Gasteiger charge is 2.39. The van der Waals surface area contributed by atoms with Gasteiger partial charge in [0.15, 0.2) is 10.4 Å². The highest BCUT2D eigenvalue weighted by Crippen LogP contribution is 2.38. The standard InChI is InChI=1S/C12H13BrClNO4S/c13-11-10(20(14,17)18)4-9(19-11)12(16)15-5-7-2-1-3-8(7)6-15/h4,7-8H,1-3,5-6H2. The third-order valence-corrected chi connectivity index (χ3v) is 6.32. The summed E-state index contributed by atoms with van der Waals surface area (Å²) in [6, 6.07) is 1.18. The Balaban J connectivity index is 1.82. The Kier molecular flexibility index (Phi) is 3.63. The molecule has 1 saturated heterocycles. The lowest BCUT2D eigenvalue weighted by Gasteiger charge is -2.15. The van der Waals surface area contributed by atoms with E-state index in [1.165, 1.54) is 12.5 Å². The maximum absolute atomic E-state index is 12.3. The molecule has 1 saturated carbocycles. The summed E-state index contributed by atoms with van der Waals surface area (Å²) in [6.45, 7) is 1.45. The third-order valence-electron chi connectivity index (χ3n) is 4.14. The van der Waals surface area contributed by atoms with Gasteiger partial charge in [-0.1, -0.05) is 6.42 Å². The van der Waals surface area contributed by atoms with E-state index in [2.05, 4.69) is 15.9 Å². The second-order valence-electron chi connectivity index (χ2n) is 5.35. The fourth-order valence-corrected chi connectivity index (χ4v) is 5.21. The minimum absolute atomic E-state index is 0.0103. The molecule has 8 heteroatoms. The number of likely N-dealkylation sites (tertiary alicyclic amines) is 1. The van der Waals surface area contributed by atoms with E-state index in [9.17, 15) is 13.2 Å². The summed E-state index contributed by atoms with van der Waals surface area (Å²) in [5.41, 5.74) is 0. The van der Waals surface area contributed by atoms with Crippen LogP contribution in [-0.4, -0.2) is 32.3 Å². The van der Waals surface area contributed by atoms with E-state index in [1.807, 2.05) is 0 Å². The van der Waals surface area contributed by atoms with Crippen molar-refractivity contribution in [3.05, 3.63) is 16.5 Å². The zero-order chi connectivity index (χ0) is 14.5. The van der Waals surface area contributed by atoms with Crippen LogP contribution < -0.4 is 0 Å². The molecule has 5 nitrogen and oxygen atoms in total. The number of furan rings is 1. The first kappa shape index (κ1) is 14.4. The number of carbonyl (C=O) groups is 1. The largest absolute Gasteiger partial charge is 0.443 e. The first-order valence-corrected chi connectivity index (χ1v) is 9.50. The fourth-order valence-electron chi connectivity index (χ4n) is 3.18. The minimum Gasteiger partial charge on any atom is -0.443 e. The van der Waals surface area contributed by atoms with Gasteiger partial charge in [-0.2, -0.15) is 0 Å². The Hall–Kier alpha value is -0.530. The van der Waals surface area contributed by atoms with Gasteiger partial charge in [-0.15, -0.1) is 0 Å². The zero-order valence-electron chi connectivity index (χ0n) is 10.5. The van der Waals surface area contributed by atoms with E-state index >= 15 is 0 Å². The Bertz CT molecular complexity index is 644. The molecule has 2 unspecified atom stereocenters. The molecule has 110 valence electrons. The number of nitrogens with zero attached hydrogens (tertiary/aromatic N) is 1. The van der Waals surface area contributed by atoms with Gasteiger partial charge in [0.05, 0.1) is 0 Å². The minimum atomic E-state index is -3.92. The Morgan fingerprint density at radius 3 is 2.45 bits per heavy atom. The topological polar surface area (TPSA) is 67.6 Å². The highest BCUT2D eigenvalue weighted by molar-refractivity contribution is 9.10. The first-order valence-electron chi connectivity index (χ1n) is 6.39. The molecule has 20 heavy (non-hydrogen) atoms. The lowest BCUT2D eigenvalue weighted by atomic mass is 10.0. The number of fused-ring (bicyclic) bond motifs is 1. The van der Waals surface area contributed by atoms with Crippen molar-refractivity contribution in [3.8, 4) is 0 Å². The zero-order valence-corrected chi connectivity index (χ0v) is 13.7. The monoisotopic (exact) mass is 381 g/mol. The number of halogens is 2. The van der Waals surface area contributed by atoms with Crippen molar-refractivity contribution in [1.29, 1.82) is 0 Å². The molecule has 1 aliphatic carbocycles. The van der Waals surface area contributed by atoms with E-state index in [0.717, 1.165) is 25.9 Å². The molecule has 2 heterocycles. The van der Waals surface area contributed by atoms with Crippen LogP contribution in [0, 0.1) is 11.8 Å². The van der Waals surface area contributed by atoms with Gasteiger partial charge in [0.2, 0.25) is 0 Å². The lowest BCUT2D eigenvalue weighted by molar-refractivity contribution is 0.0747. The molecule has 1 aliphatic heterocycles. The predicted molar refractivity (Wildman–Crippen MR) is 76.2 cm³/mol. The normalized spacial score (nSPS) is 26.0. The molecule has 0 N–H and O–H groups in total. The van der Waals surface area contributed by atoms with Crippen molar-refractivity contribution in [3.63, 3.8) is 0 Å². The van der Waals surface area contributed by atoms with E-state index in [0.29, 0.717) is 11.8 Å². The number of carbonyl (C=O) groups excluding carboxylic acids is 1. The maximum atomic E-state index is 12.3. The van der Waals surface area contributed by atoms with Gasteiger partial charge in [-0.25, -0.2) is 8.42 Å². The number of rotatable bonds is 2. The van der Waals surface area contributed by atoms with Crippen molar-refractivity contribution < 1.29 is 17.6 Å². The molecule has 2 fully saturated rings. The van der Waals surface area contributed by atoms with Crippen molar-refractivity contribution in [2.45, 2.75) is 24.2 Å². The van der Waals surface area contributed by atoms with E-state index in [1.54, 1.807) is 4.90 Å². The van der Waals surface area contributed by atoms with E-state index in [4.69, 9.17) is 15.1 Å². The summed E-state index contributed by atoms with van der Waals surface area (Å²) in [6.07, 6.45) is 3.56. The summed E-state index contributed by atoms with van der Waals surface area (Å²) in [7, 11) is 1.35. The molecule has 1 aromatic rings. The number of hydrogen-bond acceptors (Lipinski definition) is 4. The fraction of sp³-hybridized carbons (Fsp3) is 0.583. The number of hydrogen-bond donors (Lipinski definition) is 0. The molecule has 0 aromatic carbocycles. The quantitative estimate of drug-likeness (QED) is 0.738. The highest BCUT2D eigenvalue weighted by atomic mass is 79.9. The van der Waals surface area contributed by atoms with Gasteiger partial charge >= 0.3 is 0 Å². The Labute approximate surface area is 129 Å². The van der Waals surface area contributed by atoms with Crippen LogP contribution >= 0.6 is 26.6 Å². The summed E-state index contributed by atoms with van der Waals surface area (Å²) in [5.74, 6) is 0.893. The van der Waals surface area contributed by atoms with Crippen molar-refractivity contribution in [2.75, 3.05) is 13.1 Å². The van der Waals surface area contributed by atoms with Crippen LogP contribution in [-0.2, 0) is 9.05 Å². The summed E-state index contributed by atoms with van der Waals surface area (Å²) >= 11 is 2.98. The van der Waals surface area contributed by atoms with Crippen LogP contribution in [0.4, 0.5) is 0 Å². The molecular formula is C12H13BrClNO4S. The average molecular weight is 383 g/mol. The second kappa shape index (κ2) is 5.03. The average Bonchev–Trinajstić information content (AvgIpc) is 2.98. The van der Waals surface area contributed by atoms with Crippen LogP contribution in [0.25, 0.3) is 0 Å². The molecular weight excluding hydrogens is 370 g/mol. The Morgan fingerprint density at radius 2 is 1.95 bits per heavy atom. The van der Waals surface area contributed by atoms with Crippen molar-refractivity contribution in [2.24, 2.45) is 11.8 Å². The SMILES string of the molecule is O=C(c1cc(S(=O)(=O)Cl)c(Br)o1)N1CC2CCCC2C1. The smallest absolute Gasteiger partial charge is 0.289 e. The molecule has 2 atom stereocenters. The third kappa shape index (κ3) is 2.51. The molecule has 1 amide bonds. The predicted octanol–water partition coefficient (Wildman–Crippen LogP) is 2.84. The van der Waals surface area contributed by atoms with Gasteiger partial charge in [0.1, 0.15) is 4.90 Å². The molecule has 0 bridgehead atoms. The van der Waals surface area contributed by atoms with Gasteiger partial charge in [-0.3, -0.25) is 4.79 Å². The first-order chi connectivity index (χ1) is 9.36. The summed E-state index contributed by atoms with van der Waals surface area (Å²) in [4.78, 5) is 13.9. The lowest BCUT2D eigenvalue weighted by Crippen LogP contribution is -2.29. The maximum Gasteiger partial charge on any atom is 0.289 e. The van der Waals surface area contributed by atoms with E-state index < -0.39 is 9.05 Å². The molecule has 3 rings (SSSR count).